The first-order chi connectivity index (χ1) is 7.94. The van der Waals surface area contributed by atoms with Gasteiger partial charge in [0.1, 0.15) is 0 Å². The Morgan fingerprint density at radius 3 is 2.59 bits per heavy atom. The van der Waals surface area contributed by atoms with Crippen LogP contribution in [0.15, 0.2) is 12.1 Å². The van der Waals surface area contributed by atoms with E-state index < -0.39 is 9.84 Å². The van der Waals surface area contributed by atoms with E-state index >= 15 is 0 Å². The fourth-order valence-corrected chi connectivity index (χ4v) is 3.89. The zero-order valence-corrected chi connectivity index (χ0v) is 11.5. The highest BCUT2D eigenvalue weighted by molar-refractivity contribution is 7.92. The Labute approximate surface area is 105 Å². The van der Waals surface area contributed by atoms with Gasteiger partial charge in [-0.3, -0.25) is 4.79 Å². The molecule has 0 radical (unpaired) electrons. The van der Waals surface area contributed by atoms with E-state index in [0.29, 0.717) is 18.0 Å². The van der Waals surface area contributed by atoms with E-state index in [-0.39, 0.29) is 16.9 Å². The van der Waals surface area contributed by atoms with Crippen molar-refractivity contribution in [3.63, 3.8) is 0 Å². The fraction of sp³-hybridized carbons (Fsp3) is 0.545. The van der Waals surface area contributed by atoms with E-state index in [1.54, 1.807) is 17.9 Å². The average molecular weight is 273 g/mol. The van der Waals surface area contributed by atoms with E-state index in [1.807, 2.05) is 13.0 Å². The van der Waals surface area contributed by atoms with E-state index in [0.717, 1.165) is 4.88 Å². The summed E-state index contributed by atoms with van der Waals surface area (Å²) in [6.45, 7) is 4.27. The van der Waals surface area contributed by atoms with Crippen LogP contribution in [0.3, 0.4) is 0 Å². The third-order valence-corrected chi connectivity index (χ3v) is 6.10. The average Bonchev–Trinajstić information content (AvgIpc) is 2.62. The lowest BCUT2D eigenvalue weighted by molar-refractivity contribution is 0.0664. The Balaban J connectivity index is 1.99. The van der Waals surface area contributed by atoms with Gasteiger partial charge in [0, 0.05) is 23.7 Å². The van der Waals surface area contributed by atoms with Gasteiger partial charge in [0.05, 0.1) is 10.1 Å². The van der Waals surface area contributed by atoms with E-state index in [1.165, 1.54) is 11.3 Å². The molecule has 1 amide bonds. The van der Waals surface area contributed by atoms with Crippen molar-refractivity contribution in [3.8, 4) is 0 Å². The van der Waals surface area contributed by atoms with Crippen LogP contribution in [0, 0.1) is 6.92 Å². The Bertz CT molecular complexity index is 527. The molecule has 0 unspecified atom stereocenters. The number of nitrogens with zero attached hydrogens (tertiary/aromatic N) is 1. The normalized spacial score (nSPS) is 16.9. The summed E-state index contributed by atoms with van der Waals surface area (Å²) < 4.78 is 23.1. The third kappa shape index (κ3) is 2.37. The summed E-state index contributed by atoms with van der Waals surface area (Å²) in [5, 5.41) is -0.363. The topological polar surface area (TPSA) is 54.5 Å². The van der Waals surface area contributed by atoms with Gasteiger partial charge in [-0.25, -0.2) is 8.42 Å². The van der Waals surface area contributed by atoms with Crippen LogP contribution in [0.1, 0.15) is 21.5 Å². The maximum Gasteiger partial charge on any atom is 0.264 e. The first-order valence-corrected chi connectivity index (χ1v) is 8.04. The number of hydrogen-bond donors (Lipinski definition) is 0. The summed E-state index contributed by atoms with van der Waals surface area (Å²) in [6, 6.07) is 3.70. The molecule has 0 N–H and O–H groups in total. The van der Waals surface area contributed by atoms with Gasteiger partial charge in [0.25, 0.3) is 5.91 Å². The van der Waals surface area contributed by atoms with Crippen molar-refractivity contribution < 1.29 is 13.2 Å². The van der Waals surface area contributed by atoms with Crippen molar-refractivity contribution in [2.45, 2.75) is 19.1 Å². The van der Waals surface area contributed by atoms with Crippen LogP contribution in [-0.4, -0.2) is 43.3 Å². The highest BCUT2D eigenvalue weighted by atomic mass is 32.2. The predicted octanol–water partition coefficient (Wildman–Crippen LogP) is 1.32. The summed E-state index contributed by atoms with van der Waals surface area (Å²) in [7, 11) is -3.00. The maximum absolute atomic E-state index is 11.9. The lowest BCUT2D eigenvalue weighted by atomic mass is 10.2. The van der Waals surface area contributed by atoms with E-state index in [4.69, 9.17) is 0 Å². The molecule has 1 aromatic rings. The molecule has 1 fully saturated rings. The molecule has 1 aliphatic heterocycles. The highest BCUT2D eigenvalue weighted by Crippen LogP contribution is 2.23. The monoisotopic (exact) mass is 273 g/mol. The number of carbonyl (C=O) groups excluding carboxylic acids is 1. The van der Waals surface area contributed by atoms with Gasteiger partial charge in [-0.2, -0.15) is 0 Å². The minimum absolute atomic E-state index is 0.0503. The van der Waals surface area contributed by atoms with Crippen molar-refractivity contribution in [2.24, 2.45) is 0 Å². The molecular formula is C11H15NO3S2. The quantitative estimate of drug-likeness (QED) is 0.834. The second-order valence-corrected chi connectivity index (χ2v) is 8.05. The molecule has 6 heteroatoms. The van der Waals surface area contributed by atoms with Crippen molar-refractivity contribution in [3.05, 3.63) is 21.9 Å². The van der Waals surface area contributed by atoms with Crippen LogP contribution in [0.5, 0.6) is 0 Å². The van der Waals surface area contributed by atoms with Gasteiger partial charge in [0.15, 0.2) is 9.84 Å². The lowest BCUT2D eigenvalue weighted by Crippen LogP contribution is -2.57. The van der Waals surface area contributed by atoms with Crippen LogP contribution in [0.4, 0.5) is 0 Å². The largest absolute Gasteiger partial charge is 0.335 e. The second-order valence-electron chi connectivity index (χ2n) is 4.19. The zero-order valence-electron chi connectivity index (χ0n) is 9.84. The molecule has 0 spiro atoms. The van der Waals surface area contributed by atoms with Crippen LogP contribution in [0.25, 0.3) is 0 Å². The summed E-state index contributed by atoms with van der Waals surface area (Å²) in [5.41, 5.74) is 0. The van der Waals surface area contributed by atoms with Crippen molar-refractivity contribution in [2.75, 3.05) is 18.8 Å². The number of rotatable bonds is 3. The van der Waals surface area contributed by atoms with Crippen LogP contribution >= 0.6 is 11.3 Å². The summed E-state index contributed by atoms with van der Waals surface area (Å²) in [5.74, 6) is 0.100. The molecule has 0 bridgehead atoms. The molecule has 0 atom stereocenters. The van der Waals surface area contributed by atoms with Crippen molar-refractivity contribution in [1.29, 1.82) is 0 Å². The van der Waals surface area contributed by atoms with Crippen molar-refractivity contribution in [1.82, 2.24) is 4.90 Å². The first-order valence-electron chi connectivity index (χ1n) is 5.51. The molecule has 1 aliphatic rings. The molecule has 0 aromatic carbocycles. The minimum atomic E-state index is -3.00. The number of sulfone groups is 1. The highest BCUT2D eigenvalue weighted by Gasteiger charge is 2.39. The van der Waals surface area contributed by atoms with Gasteiger partial charge in [-0.05, 0) is 19.1 Å². The Morgan fingerprint density at radius 2 is 2.12 bits per heavy atom. The van der Waals surface area contributed by atoms with Crippen LogP contribution in [-0.2, 0) is 9.84 Å². The number of aryl methyl sites for hydroxylation is 1. The Kier molecular flexibility index (Phi) is 3.27. The van der Waals surface area contributed by atoms with Gasteiger partial charge in [-0.1, -0.05) is 6.92 Å². The van der Waals surface area contributed by atoms with Crippen LogP contribution < -0.4 is 0 Å². The molecular weight excluding hydrogens is 258 g/mol. The number of hydrogen-bond acceptors (Lipinski definition) is 4. The molecule has 0 saturated carbocycles. The molecule has 1 saturated heterocycles. The number of likely N-dealkylation sites (tertiary alicyclic amines) is 1. The molecule has 94 valence electrons. The first kappa shape index (κ1) is 12.6. The second kappa shape index (κ2) is 4.42. The Morgan fingerprint density at radius 1 is 1.47 bits per heavy atom. The minimum Gasteiger partial charge on any atom is -0.335 e. The Hall–Kier alpha value is -0.880. The molecule has 0 aliphatic carbocycles. The van der Waals surface area contributed by atoms with Crippen molar-refractivity contribution >= 4 is 27.1 Å². The standard InChI is InChI=1S/C11H15NO3S2/c1-3-17(14,15)9-6-12(7-9)11(13)10-5-4-8(2)16-10/h4-5,9H,3,6-7H2,1-2H3. The van der Waals surface area contributed by atoms with E-state index in [9.17, 15) is 13.2 Å². The van der Waals surface area contributed by atoms with Crippen LogP contribution in [0.2, 0.25) is 0 Å². The van der Waals surface area contributed by atoms with E-state index in [2.05, 4.69) is 0 Å². The van der Waals surface area contributed by atoms with Gasteiger partial charge in [0.2, 0.25) is 0 Å². The molecule has 17 heavy (non-hydrogen) atoms. The SMILES string of the molecule is CCS(=O)(=O)C1CN(C(=O)c2ccc(C)s2)C1. The summed E-state index contributed by atoms with van der Waals surface area (Å²) in [4.78, 5) is 15.3. The third-order valence-electron chi connectivity index (χ3n) is 3.00. The van der Waals surface area contributed by atoms with Gasteiger partial charge < -0.3 is 4.90 Å². The molecule has 2 heterocycles. The lowest BCUT2D eigenvalue weighted by Gasteiger charge is -2.38. The number of thiophene rings is 1. The molecule has 4 nitrogen and oxygen atoms in total. The predicted molar refractivity (Wildman–Crippen MR) is 68.2 cm³/mol. The number of carbonyl (C=O) groups is 1. The summed E-state index contributed by atoms with van der Waals surface area (Å²) >= 11 is 1.45. The molecule has 1 aromatic heterocycles. The maximum atomic E-state index is 11.9. The smallest absolute Gasteiger partial charge is 0.264 e. The zero-order chi connectivity index (χ0) is 12.6. The number of amides is 1. The van der Waals surface area contributed by atoms with Gasteiger partial charge in [-0.15, -0.1) is 11.3 Å². The molecule has 2 rings (SSSR count). The van der Waals surface area contributed by atoms with Gasteiger partial charge >= 0.3 is 0 Å². The summed E-state index contributed by atoms with van der Waals surface area (Å²) in [6.07, 6.45) is 0. The fourth-order valence-electron chi connectivity index (χ4n) is 1.77.